The van der Waals surface area contributed by atoms with Crippen molar-refractivity contribution in [1.29, 1.82) is 0 Å². The lowest BCUT2D eigenvalue weighted by Crippen LogP contribution is -2.14. The van der Waals surface area contributed by atoms with E-state index in [4.69, 9.17) is 27.9 Å². The molecule has 0 bridgehead atoms. The summed E-state index contributed by atoms with van der Waals surface area (Å²) in [4.78, 5) is 16.4. The van der Waals surface area contributed by atoms with Crippen molar-refractivity contribution in [2.75, 3.05) is 11.1 Å². The molecule has 0 fully saturated rings. The van der Waals surface area contributed by atoms with Gasteiger partial charge in [0.05, 0.1) is 15.8 Å². The number of benzene rings is 2. The molecule has 0 aliphatic carbocycles. The molecule has 1 aromatic heterocycles. The van der Waals surface area contributed by atoms with Gasteiger partial charge >= 0.3 is 0 Å². The molecule has 0 radical (unpaired) electrons. The summed E-state index contributed by atoms with van der Waals surface area (Å²) in [6, 6.07) is 12.8. The van der Waals surface area contributed by atoms with Gasteiger partial charge in [0.2, 0.25) is 11.1 Å². The summed E-state index contributed by atoms with van der Waals surface area (Å²) < 4.78 is 5.68. The zero-order chi connectivity index (χ0) is 19.9. The molecule has 0 saturated carbocycles. The van der Waals surface area contributed by atoms with Gasteiger partial charge < -0.3 is 10.1 Å². The van der Waals surface area contributed by atoms with Gasteiger partial charge in [-0.15, -0.1) is 5.10 Å². The molecule has 0 unspecified atom stereocenters. The van der Waals surface area contributed by atoms with E-state index in [-0.39, 0.29) is 18.3 Å². The number of rotatable bonds is 8. The normalized spacial score (nSPS) is 10.7. The van der Waals surface area contributed by atoms with E-state index in [2.05, 4.69) is 27.4 Å². The summed E-state index contributed by atoms with van der Waals surface area (Å²) in [6.45, 7) is 2.38. The van der Waals surface area contributed by atoms with Crippen LogP contribution in [0.4, 0.5) is 5.69 Å². The molecule has 1 amide bonds. The van der Waals surface area contributed by atoms with Crippen LogP contribution < -0.4 is 10.1 Å². The third-order valence-corrected chi connectivity index (χ3v) is 5.34. The largest absolute Gasteiger partial charge is 0.486 e. The molecule has 9 heteroatoms. The van der Waals surface area contributed by atoms with E-state index in [9.17, 15) is 4.79 Å². The molecule has 6 nitrogen and oxygen atoms in total. The number of H-pyrrole nitrogens is 1. The molecule has 0 saturated heterocycles. The number of amides is 1. The molecule has 0 aliphatic rings. The first-order valence-electron chi connectivity index (χ1n) is 8.54. The van der Waals surface area contributed by atoms with Crippen LogP contribution in [0.15, 0.2) is 47.6 Å². The Kier molecular flexibility index (Phi) is 7.19. The van der Waals surface area contributed by atoms with Crippen LogP contribution in [0.25, 0.3) is 0 Å². The third-order valence-electron chi connectivity index (χ3n) is 3.75. The van der Waals surface area contributed by atoms with Crippen molar-refractivity contribution in [3.63, 3.8) is 0 Å². The molecule has 2 N–H and O–H groups in total. The van der Waals surface area contributed by atoms with Crippen LogP contribution >= 0.6 is 35.0 Å². The Hall–Kier alpha value is -2.22. The zero-order valence-electron chi connectivity index (χ0n) is 15.0. The van der Waals surface area contributed by atoms with Crippen molar-refractivity contribution in [3.8, 4) is 5.75 Å². The summed E-state index contributed by atoms with van der Waals surface area (Å²) in [6.07, 6.45) is 0.988. The molecule has 3 aromatic rings. The van der Waals surface area contributed by atoms with Gasteiger partial charge in [-0.25, -0.2) is 4.98 Å². The second-order valence-corrected chi connectivity index (χ2v) is 7.57. The lowest BCUT2D eigenvalue weighted by atomic mass is 10.2. The van der Waals surface area contributed by atoms with Crippen LogP contribution in [0.5, 0.6) is 5.75 Å². The number of halogens is 2. The van der Waals surface area contributed by atoms with Crippen LogP contribution in [0, 0.1) is 0 Å². The number of aryl methyl sites for hydroxylation is 1. The van der Waals surface area contributed by atoms with E-state index in [0.29, 0.717) is 26.7 Å². The standard InChI is InChI=1S/C19H18Cl2N4O2S/c1-2-12-3-6-14(7-4-12)27-10-17-23-19(25-24-17)28-11-18(26)22-13-5-8-15(20)16(21)9-13/h3-9H,2,10-11H2,1H3,(H,22,26)(H,23,24,25). The Morgan fingerprint density at radius 2 is 1.96 bits per heavy atom. The van der Waals surface area contributed by atoms with E-state index in [1.165, 1.54) is 17.3 Å². The summed E-state index contributed by atoms with van der Waals surface area (Å²) >= 11 is 13.0. The first kappa shape index (κ1) is 20.5. The maximum atomic E-state index is 12.1. The molecular weight excluding hydrogens is 419 g/mol. The van der Waals surface area contributed by atoms with Gasteiger partial charge in [-0.05, 0) is 42.3 Å². The number of aromatic amines is 1. The van der Waals surface area contributed by atoms with Gasteiger partial charge in [0.1, 0.15) is 12.4 Å². The number of anilines is 1. The van der Waals surface area contributed by atoms with Crippen molar-refractivity contribution in [1.82, 2.24) is 15.2 Å². The first-order chi connectivity index (χ1) is 13.5. The minimum absolute atomic E-state index is 0.164. The van der Waals surface area contributed by atoms with Gasteiger partial charge in [0.15, 0.2) is 5.82 Å². The monoisotopic (exact) mass is 436 g/mol. The lowest BCUT2D eigenvalue weighted by molar-refractivity contribution is -0.113. The molecule has 28 heavy (non-hydrogen) atoms. The Morgan fingerprint density at radius 1 is 1.18 bits per heavy atom. The second-order valence-electron chi connectivity index (χ2n) is 5.82. The average molecular weight is 437 g/mol. The topological polar surface area (TPSA) is 79.9 Å². The molecule has 2 aromatic carbocycles. The molecule has 0 spiro atoms. The van der Waals surface area contributed by atoms with Gasteiger partial charge in [-0.3, -0.25) is 9.89 Å². The highest BCUT2D eigenvalue weighted by Crippen LogP contribution is 2.25. The van der Waals surface area contributed by atoms with E-state index >= 15 is 0 Å². The van der Waals surface area contributed by atoms with Crippen LogP contribution in [-0.2, 0) is 17.8 Å². The molecule has 0 aliphatic heterocycles. The Balaban J connectivity index is 1.45. The van der Waals surface area contributed by atoms with Crippen molar-refractivity contribution in [2.24, 2.45) is 0 Å². The third kappa shape index (κ3) is 5.89. The minimum atomic E-state index is -0.193. The number of thioether (sulfide) groups is 1. The van der Waals surface area contributed by atoms with Crippen LogP contribution in [0.2, 0.25) is 10.0 Å². The summed E-state index contributed by atoms with van der Waals surface area (Å²) in [5.74, 6) is 1.33. The first-order valence-corrected chi connectivity index (χ1v) is 10.3. The van der Waals surface area contributed by atoms with Crippen LogP contribution in [0.1, 0.15) is 18.3 Å². The van der Waals surface area contributed by atoms with Crippen molar-refractivity contribution in [2.45, 2.75) is 25.1 Å². The van der Waals surface area contributed by atoms with Gasteiger partial charge in [-0.1, -0.05) is 54.0 Å². The van der Waals surface area contributed by atoms with E-state index < -0.39 is 0 Å². The number of ether oxygens (including phenoxy) is 1. The number of carbonyl (C=O) groups is 1. The van der Waals surface area contributed by atoms with Gasteiger partial charge in [-0.2, -0.15) is 0 Å². The van der Waals surface area contributed by atoms with Crippen molar-refractivity contribution in [3.05, 3.63) is 63.9 Å². The number of carbonyl (C=O) groups excluding carboxylic acids is 1. The molecule has 0 atom stereocenters. The smallest absolute Gasteiger partial charge is 0.234 e. The van der Waals surface area contributed by atoms with Gasteiger partial charge in [0.25, 0.3) is 0 Å². The number of aromatic nitrogens is 3. The second kappa shape index (κ2) is 9.82. The SMILES string of the molecule is CCc1ccc(OCc2nc(SCC(=O)Nc3ccc(Cl)c(Cl)c3)n[nH]2)cc1. The summed E-state index contributed by atoms with van der Waals surface area (Å²) in [5, 5.41) is 10.9. The van der Waals surface area contributed by atoms with Gasteiger partial charge in [0, 0.05) is 5.69 Å². The highest BCUT2D eigenvalue weighted by molar-refractivity contribution is 7.99. The Bertz CT molecular complexity index is 947. The maximum Gasteiger partial charge on any atom is 0.234 e. The number of nitrogens with one attached hydrogen (secondary N) is 2. The Labute approximate surface area is 177 Å². The lowest BCUT2D eigenvalue weighted by Gasteiger charge is -2.05. The maximum absolute atomic E-state index is 12.1. The van der Waals surface area contributed by atoms with Crippen LogP contribution in [0.3, 0.4) is 0 Å². The number of hydrogen-bond donors (Lipinski definition) is 2. The van der Waals surface area contributed by atoms with Crippen LogP contribution in [-0.4, -0.2) is 26.8 Å². The van der Waals surface area contributed by atoms with Crippen molar-refractivity contribution < 1.29 is 9.53 Å². The van der Waals surface area contributed by atoms with Crippen molar-refractivity contribution >= 4 is 46.6 Å². The van der Waals surface area contributed by atoms with E-state index in [1.54, 1.807) is 18.2 Å². The molecule has 3 rings (SSSR count). The average Bonchev–Trinajstić information content (AvgIpc) is 3.16. The van der Waals surface area contributed by atoms with E-state index in [1.807, 2.05) is 24.3 Å². The minimum Gasteiger partial charge on any atom is -0.486 e. The predicted molar refractivity (Wildman–Crippen MR) is 112 cm³/mol. The fraction of sp³-hybridized carbons (Fsp3) is 0.211. The van der Waals surface area contributed by atoms with E-state index in [0.717, 1.165) is 12.2 Å². The Morgan fingerprint density at radius 3 is 2.68 bits per heavy atom. The molecule has 146 valence electrons. The summed E-state index contributed by atoms with van der Waals surface area (Å²) in [5.41, 5.74) is 1.84. The zero-order valence-corrected chi connectivity index (χ0v) is 17.4. The highest BCUT2D eigenvalue weighted by atomic mass is 35.5. The molecular formula is C19H18Cl2N4O2S. The summed E-state index contributed by atoms with van der Waals surface area (Å²) in [7, 11) is 0. The molecule has 1 heterocycles. The number of hydrogen-bond acceptors (Lipinski definition) is 5. The number of nitrogens with zero attached hydrogens (tertiary/aromatic N) is 2. The highest BCUT2D eigenvalue weighted by Gasteiger charge is 2.09. The fourth-order valence-corrected chi connectivity index (χ4v) is 3.20. The quantitative estimate of drug-likeness (QED) is 0.486. The fourth-order valence-electron chi connectivity index (χ4n) is 2.28. The predicted octanol–water partition coefficient (Wildman–Crippen LogP) is 4.98.